The van der Waals surface area contributed by atoms with Gasteiger partial charge in [-0.3, -0.25) is 14.9 Å². The van der Waals surface area contributed by atoms with Gasteiger partial charge in [0.1, 0.15) is 5.00 Å². The third-order valence-corrected chi connectivity index (χ3v) is 7.58. The lowest BCUT2D eigenvalue weighted by atomic mass is 9.72. The molecule has 4 N–H and O–H groups in total. The number of anilines is 1. The summed E-state index contributed by atoms with van der Waals surface area (Å²) < 4.78 is 0. The van der Waals surface area contributed by atoms with Crippen LogP contribution in [-0.2, 0) is 12.8 Å². The van der Waals surface area contributed by atoms with Crippen molar-refractivity contribution in [1.29, 1.82) is 0 Å². The highest BCUT2D eigenvalue weighted by Crippen LogP contribution is 2.44. The molecule has 0 aliphatic heterocycles. The minimum Gasteiger partial charge on any atom is -0.365 e. The Kier molecular flexibility index (Phi) is 6.05. The van der Waals surface area contributed by atoms with Crippen molar-refractivity contribution in [2.45, 2.75) is 40.0 Å². The maximum absolute atomic E-state index is 12.7. The zero-order chi connectivity index (χ0) is 23.0. The van der Waals surface area contributed by atoms with Gasteiger partial charge in [-0.05, 0) is 71.3 Å². The number of hydrogen-bond acceptors (Lipinski definition) is 4. The molecule has 2 aromatic carbocycles. The third kappa shape index (κ3) is 4.54. The maximum Gasteiger partial charge on any atom is 0.257 e. The van der Waals surface area contributed by atoms with Crippen molar-refractivity contribution in [2.75, 3.05) is 5.32 Å². The fourth-order valence-corrected chi connectivity index (χ4v) is 5.91. The van der Waals surface area contributed by atoms with Crippen LogP contribution in [0, 0.1) is 11.3 Å². The van der Waals surface area contributed by atoms with E-state index in [1.165, 1.54) is 16.2 Å². The molecule has 7 heteroatoms. The van der Waals surface area contributed by atoms with Crippen LogP contribution in [0.4, 0.5) is 5.00 Å². The number of carbonyl (C=O) groups is 2. The molecule has 5 nitrogen and oxygen atoms in total. The lowest BCUT2D eigenvalue weighted by molar-refractivity contribution is 0.0975. The Hall–Kier alpha value is -2.77. The van der Waals surface area contributed by atoms with Gasteiger partial charge in [0.2, 0.25) is 0 Å². The highest BCUT2D eigenvalue weighted by Gasteiger charge is 2.33. The van der Waals surface area contributed by atoms with Crippen molar-refractivity contribution in [3.63, 3.8) is 0 Å². The number of benzene rings is 2. The van der Waals surface area contributed by atoms with E-state index in [-0.39, 0.29) is 16.4 Å². The molecule has 0 bridgehead atoms. The molecule has 2 amide bonds. The molecule has 0 radical (unpaired) electrons. The second-order valence-corrected chi connectivity index (χ2v) is 10.9. The molecule has 4 rings (SSSR count). The Morgan fingerprint density at radius 2 is 1.84 bits per heavy atom. The number of amides is 2. The normalized spacial score (nSPS) is 15.8. The first kappa shape index (κ1) is 22.4. The van der Waals surface area contributed by atoms with E-state index in [1.54, 1.807) is 6.07 Å². The topological polar surface area (TPSA) is 84.2 Å². The Balaban J connectivity index is 1.52. The Bertz CT molecular complexity index is 1220. The summed E-state index contributed by atoms with van der Waals surface area (Å²) in [4.78, 5) is 26.1. The van der Waals surface area contributed by atoms with Crippen LogP contribution in [0.25, 0.3) is 10.8 Å². The van der Waals surface area contributed by atoms with Crippen LogP contribution in [0.2, 0.25) is 0 Å². The number of rotatable bonds is 3. The molecule has 1 aliphatic rings. The van der Waals surface area contributed by atoms with E-state index in [0.29, 0.717) is 22.0 Å². The first-order valence-electron chi connectivity index (χ1n) is 10.7. The van der Waals surface area contributed by atoms with Crippen molar-refractivity contribution in [3.05, 3.63) is 64.0 Å². The van der Waals surface area contributed by atoms with Crippen LogP contribution in [-0.4, -0.2) is 16.9 Å². The highest BCUT2D eigenvalue weighted by molar-refractivity contribution is 7.80. The van der Waals surface area contributed by atoms with E-state index in [4.69, 9.17) is 18.0 Å². The molecule has 166 valence electrons. The quantitative estimate of drug-likeness (QED) is 0.460. The van der Waals surface area contributed by atoms with Crippen LogP contribution in [0.15, 0.2) is 42.5 Å². The Morgan fingerprint density at radius 1 is 1.12 bits per heavy atom. The molecule has 0 saturated carbocycles. The monoisotopic (exact) mass is 465 g/mol. The van der Waals surface area contributed by atoms with Gasteiger partial charge in [-0.1, -0.05) is 51.1 Å². The smallest absolute Gasteiger partial charge is 0.257 e. The molecular formula is C25H27N3O2S2. The van der Waals surface area contributed by atoms with E-state index in [1.807, 2.05) is 36.4 Å². The summed E-state index contributed by atoms with van der Waals surface area (Å²) in [6, 6.07) is 13.4. The molecule has 1 atom stereocenters. The summed E-state index contributed by atoms with van der Waals surface area (Å²) in [7, 11) is 0. The number of fused-ring (bicyclic) bond motifs is 2. The minimum atomic E-state index is -0.470. The second-order valence-electron chi connectivity index (χ2n) is 9.35. The van der Waals surface area contributed by atoms with Gasteiger partial charge in [0.25, 0.3) is 11.8 Å². The summed E-state index contributed by atoms with van der Waals surface area (Å²) in [5.41, 5.74) is 7.96. The van der Waals surface area contributed by atoms with Gasteiger partial charge in [-0.15, -0.1) is 11.3 Å². The zero-order valence-corrected chi connectivity index (χ0v) is 20.1. The number of nitrogens with one attached hydrogen (secondary N) is 2. The average Bonchev–Trinajstić information content (AvgIpc) is 3.09. The van der Waals surface area contributed by atoms with Gasteiger partial charge in [-0.2, -0.15) is 0 Å². The summed E-state index contributed by atoms with van der Waals surface area (Å²) in [5, 5.41) is 8.59. The molecule has 0 unspecified atom stereocenters. The molecule has 1 heterocycles. The summed E-state index contributed by atoms with van der Waals surface area (Å²) >= 11 is 6.90. The number of primary amides is 1. The SMILES string of the molecule is CC(C)(C)[C@H]1CCc2c(sc(NC(=S)NC(=O)c3ccc4ccccc4c3)c2C(N)=O)C1. The van der Waals surface area contributed by atoms with Crippen molar-refractivity contribution >= 4 is 56.3 Å². The van der Waals surface area contributed by atoms with Gasteiger partial charge >= 0.3 is 0 Å². The first-order valence-corrected chi connectivity index (χ1v) is 11.9. The van der Waals surface area contributed by atoms with E-state index < -0.39 is 5.91 Å². The largest absolute Gasteiger partial charge is 0.365 e. The summed E-state index contributed by atoms with van der Waals surface area (Å²) in [6.07, 6.45) is 2.77. The van der Waals surface area contributed by atoms with Crippen molar-refractivity contribution < 1.29 is 9.59 Å². The molecule has 1 aromatic heterocycles. The fourth-order valence-electron chi connectivity index (χ4n) is 4.31. The fraction of sp³-hybridized carbons (Fsp3) is 0.320. The Morgan fingerprint density at radius 3 is 2.53 bits per heavy atom. The van der Waals surface area contributed by atoms with Crippen molar-refractivity contribution in [2.24, 2.45) is 17.1 Å². The highest BCUT2D eigenvalue weighted by atomic mass is 32.1. The van der Waals surface area contributed by atoms with E-state index in [2.05, 4.69) is 31.4 Å². The second kappa shape index (κ2) is 8.64. The molecule has 0 saturated heterocycles. The third-order valence-electron chi connectivity index (χ3n) is 6.20. The predicted molar refractivity (Wildman–Crippen MR) is 135 cm³/mol. The molecule has 0 spiro atoms. The number of nitrogens with two attached hydrogens (primary N) is 1. The van der Waals surface area contributed by atoms with Gasteiger partial charge < -0.3 is 11.1 Å². The van der Waals surface area contributed by atoms with Gasteiger partial charge in [0.15, 0.2) is 5.11 Å². The molecule has 0 fully saturated rings. The Labute approximate surface area is 197 Å². The first-order chi connectivity index (χ1) is 15.1. The molecule has 3 aromatic rings. The predicted octanol–water partition coefficient (Wildman–Crippen LogP) is 5.28. The van der Waals surface area contributed by atoms with E-state index in [9.17, 15) is 9.59 Å². The van der Waals surface area contributed by atoms with Gasteiger partial charge in [0, 0.05) is 10.4 Å². The number of thiophene rings is 1. The van der Waals surface area contributed by atoms with Crippen LogP contribution in [0.5, 0.6) is 0 Å². The van der Waals surface area contributed by atoms with E-state index in [0.717, 1.165) is 35.6 Å². The number of hydrogen-bond donors (Lipinski definition) is 3. The zero-order valence-electron chi connectivity index (χ0n) is 18.5. The van der Waals surface area contributed by atoms with Gasteiger partial charge in [-0.25, -0.2) is 0 Å². The lowest BCUT2D eigenvalue weighted by Crippen LogP contribution is -2.34. The van der Waals surface area contributed by atoms with Crippen molar-refractivity contribution in [1.82, 2.24) is 5.32 Å². The lowest BCUT2D eigenvalue weighted by Gasteiger charge is -2.33. The molecular weight excluding hydrogens is 438 g/mol. The van der Waals surface area contributed by atoms with Crippen molar-refractivity contribution in [3.8, 4) is 0 Å². The standard InChI is InChI=1S/C25H27N3O2S2/c1-25(2,3)17-10-11-18-19(13-17)32-23(20(18)21(26)29)28-24(31)27-22(30)16-9-8-14-6-4-5-7-15(14)12-16/h4-9,12,17H,10-11,13H2,1-3H3,(H2,26,29)(H2,27,28,30,31)/t17-/m0/s1. The van der Waals surface area contributed by atoms with Crippen LogP contribution < -0.4 is 16.4 Å². The maximum atomic E-state index is 12.7. The summed E-state index contributed by atoms with van der Waals surface area (Å²) in [6.45, 7) is 6.76. The summed E-state index contributed by atoms with van der Waals surface area (Å²) in [5.74, 6) is -0.229. The van der Waals surface area contributed by atoms with E-state index >= 15 is 0 Å². The van der Waals surface area contributed by atoms with Crippen LogP contribution in [0.1, 0.15) is 58.3 Å². The number of carbonyl (C=O) groups excluding carboxylic acids is 2. The molecule has 32 heavy (non-hydrogen) atoms. The average molecular weight is 466 g/mol. The van der Waals surface area contributed by atoms with Crippen LogP contribution >= 0.6 is 23.6 Å². The van der Waals surface area contributed by atoms with Crippen LogP contribution in [0.3, 0.4) is 0 Å². The van der Waals surface area contributed by atoms with Gasteiger partial charge in [0.05, 0.1) is 5.56 Å². The minimum absolute atomic E-state index is 0.150. The molecule has 1 aliphatic carbocycles. The number of thiocarbonyl (C=S) groups is 1.